The lowest BCUT2D eigenvalue weighted by Gasteiger charge is -2.16. The summed E-state index contributed by atoms with van der Waals surface area (Å²) in [4.78, 5) is 4.22. The summed E-state index contributed by atoms with van der Waals surface area (Å²) in [5.74, 6) is 0. The Balaban J connectivity index is 2.12. The van der Waals surface area contributed by atoms with Crippen LogP contribution in [0.2, 0.25) is 0 Å². The van der Waals surface area contributed by atoms with Crippen LogP contribution >= 0.6 is 0 Å². The lowest BCUT2D eigenvalue weighted by atomic mass is 9.96. The van der Waals surface area contributed by atoms with Crippen LogP contribution in [0.4, 0.5) is 0 Å². The first-order chi connectivity index (χ1) is 11.5. The van der Waals surface area contributed by atoms with Crippen molar-refractivity contribution in [1.29, 1.82) is 0 Å². The molecule has 130 valence electrons. The second-order valence-corrected chi connectivity index (χ2v) is 6.57. The molecule has 3 nitrogen and oxygen atoms in total. The predicted molar refractivity (Wildman–Crippen MR) is 98.8 cm³/mol. The molecular formula is C21H29NO2. The van der Waals surface area contributed by atoms with Crippen LogP contribution in [0.1, 0.15) is 57.3 Å². The molecule has 1 aliphatic heterocycles. The highest BCUT2D eigenvalue weighted by Gasteiger charge is 2.20. The van der Waals surface area contributed by atoms with E-state index >= 15 is 0 Å². The molecule has 2 atom stereocenters. The average molecular weight is 327 g/mol. The first-order valence-corrected chi connectivity index (χ1v) is 8.80. The zero-order valence-corrected chi connectivity index (χ0v) is 15.1. The van der Waals surface area contributed by atoms with E-state index in [0.717, 1.165) is 49.0 Å². The fraction of sp³-hybridized carbons (Fsp3) is 0.476. The van der Waals surface area contributed by atoms with Crippen LogP contribution in [-0.2, 0) is 11.2 Å². The Bertz CT molecular complexity index is 622. The molecule has 1 N–H and O–H groups in total. The molecule has 0 aromatic carbocycles. The fourth-order valence-corrected chi connectivity index (χ4v) is 2.93. The summed E-state index contributed by atoms with van der Waals surface area (Å²) in [6.07, 6.45) is 11.6. The van der Waals surface area contributed by atoms with Gasteiger partial charge >= 0.3 is 0 Å². The van der Waals surface area contributed by atoms with Gasteiger partial charge in [0.1, 0.15) is 0 Å². The number of aliphatic hydroxyl groups excluding tert-OH is 1. The number of hydrogen-bond donors (Lipinski definition) is 1. The maximum Gasteiger partial charge on any atom is 0.0828 e. The molecule has 1 aromatic heterocycles. The van der Waals surface area contributed by atoms with Crippen molar-refractivity contribution in [3.8, 4) is 0 Å². The number of rotatable bonds is 7. The molecule has 24 heavy (non-hydrogen) atoms. The monoisotopic (exact) mass is 327 g/mol. The van der Waals surface area contributed by atoms with Crippen molar-refractivity contribution < 1.29 is 9.84 Å². The van der Waals surface area contributed by atoms with E-state index in [1.165, 1.54) is 11.1 Å². The van der Waals surface area contributed by atoms with Gasteiger partial charge in [-0.15, -0.1) is 0 Å². The molecule has 2 rings (SSSR count). The van der Waals surface area contributed by atoms with Gasteiger partial charge in [-0.1, -0.05) is 31.2 Å². The molecule has 3 heteroatoms. The smallest absolute Gasteiger partial charge is 0.0828 e. The summed E-state index contributed by atoms with van der Waals surface area (Å²) in [7, 11) is 0. The highest BCUT2D eigenvalue weighted by molar-refractivity contribution is 5.36. The number of aliphatic hydroxyl groups is 1. The van der Waals surface area contributed by atoms with Crippen molar-refractivity contribution in [2.45, 2.75) is 58.7 Å². The zero-order chi connectivity index (χ0) is 17.5. The van der Waals surface area contributed by atoms with E-state index in [4.69, 9.17) is 4.74 Å². The Morgan fingerprint density at radius 3 is 2.88 bits per heavy atom. The number of nitrogens with zero attached hydrogens (tertiary/aromatic N) is 1. The van der Waals surface area contributed by atoms with Crippen LogP contribution in [-0.4, -0.2) is 22.8 Å². The van der Waals surface area contributed by atoms with E-state index in [1.807, 2.05) is 12.3 Å². The molecular weight excluding hydrogens is 298 g/mol. The SMILES string of the molecule is C=C(CC)C(=CC=C(C)Cc1cncc(C(C)O)c1)C1CCCO1. The zero-order valence-electron chi connectivity index (χ0n) is 15.1. The summed E-state index contributed by atoms with van der Waals surface area (Å²) in [6, 6.07) is 2.02. The van der Waals surface area contributed by atoms with Crippen molar-refractivity contribution in [3.63, 3.8) is 0 Å². The second-order valence-electron chi connectivity index (χ2n) is 6.57. The van der Waals surface area contributed by atoms with Crippen LogP contribution in [0.5, 0.6) is 0 Å². The first kappa shape index (κ1) is 18.6. The third kappa shape index (κ3) is 5.15. The lowest BCUT2D eigenvalue weighted by Crippen LogP contribution is -2.10. The van der Waals surface area contributed by atoms with Gasteiger partial charge in [0, 0.05) is 19.0 Å². The standard InChI is InChI=1S/C21H29NO2/c1-5-16(3)20(21-7-6-10-24-21)9-8-15(2)11-18-12-19(17(4)23)14-22-13-18/h8-9,12-14,17,21,23H,3,5-7,10-11H2,1-2,4H3. The van der Waals surface area contributed by atoms with E-state index in [9.17, 15) is 5.11 Å². The largest absolute Gasteiger partial charge is 0.389 e. The highest BCUT2D eigenvalue weighted by atomic mass is 16.5. The minimum absolute atomic E-state index is 0.196. The van der Waals surface area contributed by atoms with E-state index in [2.05, 4.69) is 37.6 Å². The maximum atomic E-state index is 9.68. The van der Waals surface area contributed by atoms with Gasteiger partial charge in [0.05, 0.1) is 12.2 Å². The Morgan fingerprint density at radius 2 is 2.25 bits per heavy atom. The van der Waals surface area contributed by atoms with E-state index in [0.29, 0.717) is 0 Å². The van der Waals surface area contributed by atoms with E-state index < -0.39 is 6.10 Å². The Labute approximate surface area is 145 Å². The van der Waals surface area contributed by atoms with Gasteiger partial charge in [-0.05, 0) is 67.9 Å². The predicted octanol–water partition coefficient (Wildman–Crippen LogP) is 4.70. The molecule has 2 unspecified atom stereocenters. The number of hydrogen-bond acceptors (Lipinski definition) is 3. The summed E-state index contributed by atoms with van der Waals surface area (Å²) in [6.45, 7) is 11.1. The Kier molecular flexibility index (Phi) is 6.95. The van der Waals surface area contributed by atoms with Gasteiger partial charge in [-0.3, -0.25) is 4.98 Å². The molecule has 1 aromatic rings. The fourth-order valence-electron chi connectivity index (χ4n) is 2.93. The van der Waals surface area contributed by atoms with Gasteiger partial charge in [-0.2, -0.15) is 0 Å². The van der Waals surface area contributed by atoms with Crippen molar-refractivity contribution in [3.05, 3.63) is 65.0 Å². The normalized spacial score (nSPS) is 20.2. The lowest BCUT2D eigenvalue weighted by molar-refractivity contribution is 0.138. The van der Waals surface area contributed by atoms with Gasteiger partial charge in [-0.25, -0.2) is 0 Å². The van der Waals surface area contributed by atoms with Crippen molar-refractivity contribution in [2.75, 3.05) is 6.61 Å². The number of aromatic nitrogens is 1. The minimum Gasteiger partial charge on any atom is -0.389 e. The highest BCUT2D eigenvalue weighted by Crippen LogP contribution is 2.26. The van der Waals surface area contributed by atoms with Crippen LogP contribution in [0.15, 0.2) is 53.9 Å². The van der Waals surface area contributed by atoms with Gasteiger partial charge in [0.25, 0.3) is 0 Å². The van der Waals surface area contributed by atoms with Gasteiger partial charge in [0.15, 0.2) is 0 Å². The summed E-state index contributed by atoms with van der Waals surface area (Å²) in [5.41, 5.74) is 5.60. The molecule has 0 radical (unpaired) electrons. The Hall–Kier alpha value is -1.71. The first-order valence-electron chi connectivity index (χ1n) is 8.80. The molecule has 0 aliphatic carbocycles. The summed E-state index contributed by atoms with van der Waals surface area (Å²) < 4.78 is 5.83. The van der Waals surface area contributed by atoms with Crippen molar-refractivity contribution in [2.24, 2.45) is 0 Å². The van der Waals surface area contributed by atoms with Crippen molar-refractivity contribution in [1.82, 2.24) is 4.98 Å². The molecule has 1 saturated heterocycles. The quantitative estimate of drug-likeness (QED) is 0.738. The molecule has 0 spiro atoms. The topological polar surface area (TPSA) is 42.4 Å². The minimum atomic E-state index is -0.486. The second kappa shape index (κ2) is 8.95. The molecule has 0 amide bonds. The third-order valence-corrected chi connectivity index (χ3v) is 4.44. The third-order valence-electron chi connectivity index (χ3n) is 4.44. The van der Waals surface area contributed by atoms with Gasteiger partial charge < -0.3 is 9.84 Å². The number of pyridine rings is 1. The summed E-state index contributed by atoms with van der Waals surface area (Å²) >= 11 is 0. The molecule has 0 saturated carbocycles. The van der Waals surface area contributed by atoms with Crippen LogP contribution in [0, 0.1) is 0 Å². The van der Waals surface area contributed by atoms with Crippen LogP contribution in [0.25, 0.3) is 0 Å². The van der Waals surface area contributed by atoms with Gasteiger partial charge in [0.2, 0.25) is 0 Å². The maximum absolute atomic E-state index is 9.68. The van der Waals surface area contributed by atoms with E-state index in [-0.39, 0.29) is 6.10 Å². The molecule has 2 heterocycles. The molecule has 0 bridgehead atoms. The average Bonchev–Trinajstić information content (AvgIpc) is 3.09. The molecule has 1 aliphatic rings. The number of ether oxygens (including phenoxy) is 1. The van der Waals surface area contributed by atoms with Crippen LogP contribution in [0.3, 0.4) is 0 Å². The number of allylic oxidation sites excluding steroid dienone is 3. The Morgan fingerprint density at radius 1 is 1.46 bits per heavy atom. The van der Waals surface area contributed by atoms with Crippen LogP contribution < -0.4 is 0 Å². The molecule has 1 fully saturated rings. The van der Waals surface area contributed by atoms with Crippen molar-refractivity contribution >= 4 is 0 Å². The van der Waals surface area contributed by atoms with E-state index in [1.54, 1.807) is 13.1 Å². The summed E-state index contributed by atoms with van der Waals surface area (Å²) in [5, 5.41) is 9.68.